The van der Waals surface area contributed by atoms with Crippen molar-refractivity contribution in [3.05, 3.63) is 96.2 Å². The van der Waals surface area contributed by atoms with E-state index in [2.05, 4.69) is 83.9 Å². The standard InChI is InChI=1S/C25H19N7/c1-2-8-17(9-3-1)15-32-16-18(19-10-5-7-13-22(19)32)14-26-30-25-28-24-23(29-31-25)20-11-4-6-12-21(20)27-24/h1-14,16H,15H2,(H2,27,28,30,31)/b26-14+. The van der Waals surface area contributed by atoms with Crippen LogP contribution in [0.2, 0.25) is 0 Å². The minimum absolute atomic E-state index is 0.341. The van der Waals surface area contributed by atoms with Gasteiger partial charge in [-0.3, -0.25) is 0 Å². The molecule has 2 N–H and O–H groups in total. The lowest BCUT2D eigenvalue weighted by Gasteiger charge is -2.05. The second-order valence-electron chi connectivity index (χ2n) is 7.59. The number of nitrogens with one attached hydrogen (secondary N) is 2. The number of hydrogen-bond acceptors (Lipinski definition) is 5. The smallest absolute Gasteiger partial charge is 0.265 e. The van der Waals surface area contributed by atoms with Gasteiger partial charge in [0.2, 0.25) is 0 Å². The van der Waals surface area contributed by atoms with Gasteiger partial charge in [0.05, 0.1) is 6.21 Å². The Morgan fingerprint density at radius 3 is 2.56 bits per heavy atom. The number of rotatable bonds is 5. The molecule has 7 nitrogen and oxygen atoms in total. The van der Waals surface area contributed by atoms with Crippen molar-refractivity contribution in [2.75, 3.05) is 5.43 Å². The van der Waals surface area contributed by atoms with E-state index in [1.807, 2.05) is 36.4 Å². The fourth-order valence-corrected chi connectivity index (χ4v) is 4.02. The maximum Gasteiger partial charge on any atom is 0.265 e. The van der Waals surface area contributed by atoms with Gasteiger partial charge >= 0.3 is 0 Å². The number of nitrogens with zero attached hydrogens (tertiary/aromatic N) is 5. The van der Waals surface area contributed by atoms with E-state index in [1.54, 1.807) is 6.21 Å². The van der Waals surface area contributed by atoms with Crippen LogP contribution in [0, 0.1) is 0 Å². The van der Waals surface area contributed by atoms with Gasteiger partial charge in [-0.25, -0.2) is 5.43 Å². The average molecular weight is 417 g/mol. The second-order valence-corrected chi connectivity index (χ2v) is 7.59. The normalized spacial score (nSPS) is 11.8. The molecule has 0 saturated heterocycles. The average Bonchev–Trinajstić information content (AvgIpc) is 3.38. The highest BCUT2D eigenvalue weighted by molar-refractivity contribution is 6.03. The van der Waals surface area contributed by atoms with Crippen LogP contribution in [-0.4, -0.2) is 30.9 Å². The zero-order chi connectivity index (χ0) is 21.3. The Bertz CT molecular complexity index is 1580. The van der Waals surface area contributed by atoms with Crippen LogP contribution in [0.15, 0.2) is 90.2 Å². The van der Waals surface area contributed by atoms with Gasteiger partial charge in [0.25, 0.3) is 5.95 Å². The van der Waals surface area contributed by atoms with Gasteiger partial charge in [-0.05, 0) is 17.7 Å². The summed E-state index contributed by atoms with van der Waals surface area (Å²) in [5, 5.41) is 15.0. The quantitative estimate of drug-likeness (QED) is 0.307. The third kappa shape index (κ3) is 3.26. The highest BCUT2D eigenvalue weighted by Crippen LogP contribution is 2.23. The molecule has 0 radical (unpaired) electrons. The summed E-state index contributed by atoms with van der Waals surface area (Å²) in [6.07, 6.45) is 3.91. The zero-order valence-corrected chi connectivity index (χ0v) is 17.1. The molecular weight excluding hydrogens is 398 g/mol. The lowest BCUT2D eigenvalue weighted by Crippen LogP contribution is -1.99. The summed E-state index contributed by atoms with van der Waals surface area (Å²) in [5.41, 5.74) is 8.75. The molecule has 154 valence electrons. The minimum atomic E-state index is 0.341. The molecule has 0 aliphatic carbocycles. The van der Waals surface area contributed by atoms with Crippen LogP contribution in [0.1, 0.15) is 11.1 Å². The number of hydrogen-bond donors (Lipinski definition) is 2. The molecule has 0 spiro atoms. The Balaban J connectivity index is 1.28. The molecule has 7 heteroatoms. The Labute approximate surface area is 183 Å². The monoisotopic (exact) mass is 417 g/mol. The Morgan fingerprint density at radius 2 is 1.66 bits per heavy atom. The molecule has 6 aromatic rings. The number of aromatic amines is 1. The van der Waals surface area contributed by atoms with Crippen LogP contribution in [0.25, 0.3) is 33.0 Å². The van der Waals surface area contributed by atoms with Crippen LogP contribution < -0.4 is 5.43 Å². The first-order chi connectivity index (χ1) is 15.8. The largest absolute Gasteiger partial charge is 0.342 e. The van der Waals surface area contributed by atoms with Crippen molar-refractivity contribution in [3.8, 4) is 0 Å². The summed E-state index contributed by atoms with van der Waals surface area (Å²) in [7, 11) is 0. The van der Waals surface area contributed by atoms with E-state index in [9.17, 15) is 0 Å². The van der Waals surface area contributed by atoms with E-state index in [-0.39, 0.29) is 0 Å². The predicted molar refractivity (Wildman–Crippen MR) is 128 cm³/mol. The van der Waals surface area contributed by atoms with E-state index in [0.717, 1.165) is 39.4 Å². The SMILES string of the molecule is C(=N\Nc1nnc2c(n1)[nH]c1ccccc12)/c1cn(Cc2ccccc2)c2ccccc12. The summed E-state index contributed by atoms with van der Waals surface area (Å²) >= 11 is 0. The first-order valence-corrected chi connectivity index (χ1v) is 10.4. The molecule has 6 rings (SSSR count). The maximum absolute atomic E-state index is 4.51. The molecular formula is C25H19N7. The molecule has 3 heterocycles. The van der Waals surface area contributed by atoms with Gasteiger partial charge in [-0.1, -0.05) is 66.7 Å². The van der Waals surface area contributed by atoms with Gasteiger partial charge in [0.1, 0.15) is 5.52 Å². The second kappa shape index (κ2) is 7.63. The fourth-order valence-electron chi connectivity index (χ4n) is 4.02. The van der Waals surface area contributed by atoms with Crippen molar-refractivity contribution >= 4 is 45.1 Å². The third-order valence-corrected chi connectivity index (χ3v) is 5.51. The highest BCUT2D eigenvalue weighted by atomic mass is 15.4. The van der Waals surface area contributed by atoms with Crippen LogP contribution >= 0.6 is 0 Å². The lowest BCUT2D eigenvalue weighted by molar-refractivity contribution is 0.836. The number of anilines is 1. The molecule has 0 aliphatic heterocycles. The summed E-state index contributed by atoms with van der Waals surface area (Å²) in [5.74, 6) is 0.341. The molecule has 0 bridgehead atoms. The van der Waals surface area contributed by atoms with Crippen molar-refractivity contribution < 1.29 is 0 Å². The first kappa shape index (κ1) is 18.3. The Kier molecular flexibility index (Phi) is 4.35. The fraction of sp³-hybridized carbons (Fsp3) is 0.0400. The molecule has 0 fully saturated rings. The van der Waals surface area contributed by atoms with Crippen LogP contribution in [0.4, 0.5) is 5.95 Å². The van der Waals surface area contributed by atoms with Crippen molar-refractivity contribution in [3.63, 3.8) is 0 Å². The van der Waals surface area contributed by atoms with Crippen molar-refractivity contribution in [2.45, 2.75) is 6.54 Å². The number of para-hydroxylation sites is 2. The van der Waals surface area contributed by atoms with E-state index in [1.165, 1.54) is 5.56 Å². The molecule has 0 aliphatic rings. The predicted octanol–water partition coefficient (Wildman–Crippen LogP) is 4.96. The van der Waals surface area contributed by atoms with Gasteiger partial charge in [0, 0.05) is 40.1 Å². The molecule has 0 atom stereocenters. The zero-order valence-electron chi connectivity index (χ0n) is 17.1. The van der Waals surface area contributed by atoms with Gasteiger partial charge in [-0.15, -0.1) is 10.2 Å². The molecule has 32 heavy (non-hydrogen) atoms. The highest BCUT2D eigenvalue weighted by Gasteiger charge is 2.09. The first-order valence-electron chi connectivity index (χ1n) is 10.4. The van der Waals surface area contributed by atoms with Crippen LogP contribution in [0.5, 0.6) is 0 Å². The summed E-state index contributed by atoms with van der Waals surface area (Å²) < 4.78 is 2.24. The lowest BCUT2D eigenvalue weighted by atomic mass is 10.2. The van der Waals surface area contributed by atoms with E-state index >= 15 is 0 Å². The summed E-state index contributed by atoms with van der Waals surface area (Å²) in [6.45, 7) is 0.798. The number of fused-ring (bicyclic) bond motifs is 4. The summed E-state index contributed by atoms with van der Waals surface area (Å²) in [6, 6.07) is 26.7. The maximum atomic E-state index is 4.51. The third-order valence-electron chi connectivity index (χ3n) is 5.51. The Morgan fingerprint density at radius 1 is 0.875 bits per heavy atom. The van der Waals surface area contributed by atoms with Gasteiger partial charge in [-0.2, -0.15) is 10.1 Å². The topological polar surface area (TPSA) is 83.8 Å². The van der Waals surface area contributed by atoms with E-state index in [0.29, 0.717) is 11.6 Å². The van der Waals surface area contributed by atoms with Crippen molar-refractivity contribution in [2.24, 2.45) is 5.10 Å². The van der Waals surface area contributed by atoms with Crippen LogP contribution in [0.3, 0.4) is 0 Å². The van der Waals surface area contributed by atoms with E-state index in [4.69, 9.17) is 0 Å². The molecule has 0 saturated carbocycles. The number of benzene rings is 3. The van der Waals surface area contributed by atoms with E-state index < -0.39 is 0 Å². The molecule has 3 aromatic carbocycles. The van der Waals surface area contributed by atoms with Gasteiger partial charge < -0.3 is 9.55 Å². The molecule has 0 unspecified atom stereocenters. The minimum Gasteiger partial charge on any atom is -0.342 e. The van der Waals surface area contributed by atoms with Gasteiger partial charge in [0.15, 0.2) is 5.65 Å². The molecule has 0 amide bonds. The Hall–Kier alpha value is -4.52. The summed E-state index contributed by atoms with van der Waals surface area (Å²) in [4.78, 5) is 7.78. The number of H-pyrrole nitrogens is 1. The van der Waals surface area contributed by atoms with Crippen LogP contribution in [-0.2, 0) is 6.54 Å². The van der Waals surface area contributed by atoms with Crippen molar-refractivity contribution in [1.29, 1.82) is 0 Å². The number of aromatic nitrogens is 5. The number of hydrazone groups is 1. The molecule has 3 aromatic heterocycles. The van der Waals surface area contributed by atoms with Crippen molar-refractivity contribution in [1.82, 2.24) is 24.7 Å².